The van der Waals surface area contributed by atoms with Gasteiger partial charge in [-0.25, -0.2) is 5.48 Å². The highest BCUT2D eigenvalue weighted by molar-refractivity contribution is 5.89. The molecule has 0 fully saturated rings. The topological polar surface area (TPSA) is 111 Å². The third kappa shape index (κ3) is 10.7. The molecule has 0 aliphatic carbocycles. The van der Waals surface area contributed by atoms with Gasteiger partial charge in [0.25, 0.3) is 5.91 Å². The van der Waals surface area contributed by atoms with Crippen molar-refractivity contribution in [3.8, 4) is 0 Å². The molecular formula is C25H41ClN4O4. The van der Waals surface area contributed by atoms with E-state index >= 15 is 0 Å². The minimum atomic E-state index is -0.796. The van der Waals surface area contributed by atoms with Gasteiger partial charge in [-0.3, -0.25) is 30.0 Å². The number of hydrazine groups is 1. The normalized spacial score (nSPS) is 13.8. The summed E-state index contributed by atoms with van der Waals surface area (Å²) in [4.78, 5) is 38.7. The van der Waals surface area contributed by atoms with Crippen LogP contribution in [0.4, 0.5) is 0 Å². The first kappa shape index (κ1) is 31.6. The zero-order valence-electron chi connectivity index (χ0n) is 21.1. The van der Waals surface area contributed by atoms with Gasteiger partial charge in [0.15, 0.2) is 0 Å². The lowest BCUT2D eigenvalue weighted by molar-refractivity contribution is -0.148. The minimum Gasteiger partial charge on any atom is -0.309 e. The molecule has 0 aliphatic rings. The van der Waals surface area contributed by atoms with Gasteiger partial charge < -0.3 is 5.32 Å². The van der Waals surface area contributed by atoms with Crippen molar-refractivity contribution >= 4 is 36.2 Å². The van der Waals surface area contributed by atoms with Gasteiger partial charge >= 0.3 is 0 Å². The monoisotopic (exact) mass is 496 g/mol. The number of hydrogen-bond acceptors (Lipinski definition) is 5. The number of carbonyl (C=O) groups excluding carboxylic acids is 3. The number of nitrogens with one attached hydrogen (secondary N) is 3. The smallest absolute Gasteiger partial charge is 0.257 e. The molecule has 0 radical (unpaired) electrons. The summed E-state index contributed by atoms with van der Waals surface area (Å²) in [5, 5.41) is 13.6. The minimum absolute atomic E-state index is 0. The van der Waals surface area contributed by atoms with E-state index in [0.717, 1.165) is 5.56 Å². The average Bonchev–Trinajstić information content (AvgIpc) is 2.78. The second-order valence-corrected chi connectivity index (χ2v) is 9.20. The third-order valence-electron chi connectivity index (χ3n) is 5.36. The van der Waals surface area contributed by atoms with Crippen LogP contribution in [0.15, 0.2) is 36.4 Å². The molecule has 1 aromatic rings. The van der Waals surface area contributed by atoms with Crippen molar-refractivity contribution in [3.05, 3.63) is 42.0 Å². The van der Waals surface area contributed by atoms with E-state index in [1.54, 1.807) is 19.5 Å². The summed E-state index contributed by atoms with van der Waals surface area (Å²) in [6, 6.07) is 9.15. The highest BCUT2D eigenvalue weighted by atomic mass is 35.5. The van der Waals surface area contributed by atoms with Crippen LogP contribution in [0.1, 0.15) is 53.0 Å². The Balaban J connectivity index is 0.0000109. The Kier molecular flexibility index (Phi) is 15.1. The van der Waals surface area contributed by atoms with Crippen LogP contribution in [-0.4, -0.2) is 47.6 Å². The van der Waals surface area contributed by atoms with Crippen molar-refractivity contribution in [1.82, 2.24) is 21.2 Å². The lowest BCUT2D eigenvalue weighted by Crippen LogP contribution is -2.56. The van der Waals surface area contributed by atoms with Crippen LogP contribution in [0.5, 0.6) is 0 Å². The molecule has 1 rings (SSSR count). The number of nitrogens with zero attached hydrogens (tertiary/aromatic N) is 1. The fraction of sp³-hybridized carbons (Fsp3) is 0.560. The van der Waals surface area contributed by atoms with Crippen LogP contribution in [0, 0.1) is 23.7 Å². The highest BCUT2D eigenvalue weighted by Gasteiger charge is 2.35. The van der Waals surface area contributed by atoms with E-state index in [1.807, 2.05) is 70.2 Å². The predicted octanol–water partition coefficient (Wildman–Crippen LogP) is 3.42. The molecule has 34 heavy (non-hydrogen) atoms. The molecule has 9 heteroatoms. The Morgan fingerprint density at radius 2 is 1.59 bits per heavy atom. The van der Waals surface area contributed by atoms with Crippen LogP contribution < -0.4 is 16.2 Å². The van der Waals surface area contributed by atoms with Crippen LogP contribution in [0.3, 0.4) is 0 Å². The van der Waals surface area contributed by atoms with Crippen LogP contribution >= 0.6 is 12.4 Å². The second kappa shape index (κ2) is 16.2. The van der Waals surface area contributed by atoms with Crippen LogP contribution in [0.2, 0.25) is 0 Å². The van der Waals surface area contributed by atoms with E-state index in [9.17, 15) is 19.6 Å². The average molecular weight is 497 g/mol. The first-order chi connectivity index (χ1) is 15.6. The Bertz CT molecular complexity index is 786. The number of benzene rings is 1. The van der Waals surface area contributed by atoms with E-state index < -0.39 is 29.7 Å². The van der Waals surface area contributed by atoms with E-state index in [-0.39, 0.29) is 36.6 Å². The quantitative estimate of drug-likeness (QED) is 0.262. The third-order valence-corrected chi connectivity index (χ3v) is 5.36. The SMILES string of the molecule is CN[C@@H](C)C(=O)N(CC(C)C)NC(=O)[C@H](CC(C)C)[C@H](C/C=C/c1ccccc1)C(=O)NO.Cl. The molecule has 0 saturated carbocycles. The lowest BCUT2D eigenvalue weighted by atomic mass is 9.82. The molecule has 3 amide bonds. The van der Waals surface area contributed by atoms with Crippen LogP contribution in [0.25, 0.3) is 6.08 Å². The van der Waals surface area contributed by atoms with Gasteiger partial charge in [-0.15, -0.1) is 12.4 Å². The summed E-state index contributed by atoms with van der Waals surface area (Å²) >= 11 is 0. The van der Waals surface area contributed by atoms with Crippen molar-refractivity contribution in [3.63, 3.8) is 0 Å². The Labute approximate surface area is 209 Å². The standard InChI is InChI=1S/C25H40N4O4.ClH/c1-17(2)15-22(23(30)27-29(16-18(3)4)25(32)19(5)26-6)21(24(31)28-33)14-10-13-20-11-8-7-9-12-20;/h7-13,17-19,21-22,26,33H,14-16H2,1-6H3,(H,27,30)(H,28,31);1H/b13-10+;/t19-,21-,22+;/m0./s1. The van der Waals surface area contributed by atoms with Gasteiger partial charge in [-0.1, -0.05) is 70.2 Å². The Morgan fingerprint density at radius 1 is 0.971 bits per heavy atom. The molecule has 8 nitrogen and oxygen atoms in total. The number of likely N-dealkylation sites (N-methyl/N-ethyl adjacent to an activating group) is 1. The first-order valence-corrected chi connectivity index (χ1v) is 11.5. The van der Waals surface area contributed by atoms with Crippen molar-refractivity contribution in [2.75, 3.05) is 13.6 Å². The molecule has 0 unspecified atom stereocenters. The van der Waals surface area contributed by atoms with Crippen molar-refractivity contribution in [2.24, 2.45) is 23.7 Å². The number of carbonyl (C=O) groups is 3. The van der Waals surface area contributed by atoms with Gasteiger partial charge in [0.2, 0.25) is 11.8 Å². The Hall–Kier alpha value is -2.42. The van der Waals surface area contributed by atoms with Gasteiger partial charge in [0.1, 0.15) is 0 Å². The van der Waals surface area contributed by atoms with E-state index in [0.29, 0.717) is 13.0 Å². The lowest BCUT2D eigenvalue weighted by Gasteiger charge is -2.31. The largest absolute Gasteiger partial charge is 0.309 e. The van der Waals surface area contributed by atoms with Gasteiger partial charge in [-0.2, -0.15) is 0 Å². The molecule has 0 aromatic heterocycles. The number of halogens is 1. The maximum absolute atomic E-state index is 13.4. The van der Waals surface area contributed by atoms with Crippen LogP contribution in [-0.2, 0) is 14.4 Å². The number of amides is 3. The summed E-state index contributed by atoms with van der Waals surface area (Å²) in [6.45, 7) is 9.92. The molecule has 0 aliphatic heterocycles. The zero-order chi connectivity index (χ0) is 25.0. The molecule has 192 valence electrons. The van der Waals surface area contributed by atoms with E-state index in [2.05, 4.69) is 10.7 Å². The van der Waals surface area contributed by atoms with Gasteiger partial charge in [-0.05, 0) is 44.2 Å². The highest BCUT2D eigenvalue weighted by Crippen LogP contribution is 2.25. The summed E-state index contributed by atoms with van der Waals surface area (Å²) in [5.41, 5.74) is 5.44. The summed E-state index contributed by atoms with van der Waals surface area (Å²) < 4.78 is 0. The Morgan fingerprint density at radius 3 is 2.09 bits per heavy atom. The molecule has 4 N–H and O–H groups in total. The van der Waals surface area contributed by atoms with Gasteiger partial charge in [0.05, 0.1) is 17.9 Å². The molecule has 3 atom stereocenters. The summed E-state index contributed by atoms with van der Waals surface area (Å²) in [6.07, 6.45) is 4.40. The maximum Gasteiger partial charge on any atom is 0.257 e. The fourth-order valence-electron chi connectivity index (χ4n) is 3.54. The number of rotatable bonds is 12. The first-order valence-electron chi connectivity index (χ1n) is 11.5. The second-order valence-electron chi connectivity index (χ2n) is 9.20. The summed E-state index contributed by atoms with van der Waals surface area (Å²) in [7, 11) is 1.68. The van der Waals surface area contributed by atoms with E-state index in [1.165, 1.54) is 5.01 Å². The fourth-order valence-corrected chi connectivity index (χ4v) is 3.54. The molecule has 1 aromatic carbocycles. The molecule has 0 heterocycles. The van der Waals surface area contributed by atoms with Crippen molar-refractivity contribution < 1.29 is 19.6 Å². The molecule has 0 saturated heterocycles. The number of allylic oxidation sites excluding steroid dienone is 1. The van der Waals surface area contributed by atoms with Gasteiger partial charge in [0, 0.05) is 6.54 Å². The van der Waals surface area contributed by atoms with Crippen molar-refractivity contribution in [2.45, 2.75) is 53.5 Å². The molecular weight excluding hydrogens is 456 g/mol. The van der Waals surface area contributed by atoms with Crippen molar-refractivity contribution in [1.29, 1.82) is 0 Å². The maximum atomic E-state index is 13.4. The molecule has 0 bridgehead atoms. The van der Waals surface area contributed by atoms with E-state index in [4.69, 9.17) is 0 Å². The molecule has 0 spiro atoms. The number of hydrogen-bond donors (Lipinski definition) is 4. The number of hydroxylamine groups is 1. The predicted molar refractivity (Wildman–Crippen MR) is 137 cm³/mol. The zero-order valence-corrected chi connectivity index (χ0v) is 21.9. The summed E-state index contributed by atoms with van der Waals surface area (Å²) in [5.74, 6) is -2.57.